The van der Waals surface area contributed by atoms with E-state index in [0.29, 0.717) is 19.4 Å². The minimum absolute atomic E-state index is 0.0337. The Morgan fingerprint density at radius 2 is 2.28 bits per heavy atom. The molecule has 6 heteroatoms. The molecule has 0 atom stereocenters. The molecule has 18 heavy (non-hydrogen) atoms. The number of hydrogen-bond acceptors (Lipinski definition) is 2. The van der Waals surface area contributed by atoms with Crippen LogP contribution in [0.1, 0.15) is 25.0 Å². The van der Waals surface area contributed by atoms with Crippen LogP contribution in [0.4, 0.5) is 8.78 Å². The van der Waals surface area contributed by atoms with E-state index in [2.05, 4.69) is 10.2 Å². The second kappa shape index (κ2) is 3.52. The zero-order valence-corrected chi connectivity index (χ0v) is 10.1. The van der Waals surface area contributed by atoms with Gasteiger partial charge in [0.05, 0.1) is 12.2 Å². The van der Waals surface area contributed by atoms with Crippen molar-refractivity contribution in [2.24, 2.45) is 11.3 Å². The molecule has 2 aliphatic carbocycles. The highest BCUT2D eigenvalue weighted by Crippen LogP contribution is 2.72. The molecular formula is C12H15F2N3O. The van der Waals surface area contributed by atoms with Gasteiger partial charge in [-0.25, -0.2) is 8.78 Å². The van der Waals surface area contributed by atoms with Gasteiger partial charge in [-0.05, 0) is 18.9 Å². The smallest absolute Gasteiger partial charge is 0.254 e. The fraction of sp³-hybridized carbons (Fsp3) is 0.667. The molecule has 0 aliphatic heterocycles. The highest BCUT2D eigenvalue weighted by atomic mass is 19.3. The van der Waals surface area contributed by atoms with Gasteiger partial charge in [0.25, 0.3) is 5.92 Å². The van der Waals surface area contributed by atoms with Crippen molar-refractivity contribution in [2.75, 3.05) is 7.05 Å². The Morgan fingerprint density at radius 3 is 2.78 bits per heavy atom. The zero-order valence-electron chi connectivity index (χ0n) is 10.1. The predicted molar refractivity (Wildman–Crippen MR) is 59.8 cm³/mol. The van der Waals surface area contributed by atoms with E-state index in [0.717, 1.165) is 5.69 Å². The Balaban J connectivity index is 1.54. The lowest BCUT2D eigenvalue weighted by Gasteiger charge is -2.36. The number of rotatable bonds is 3. The quantitative estimate of drug-likeness (QED) is 0.895. The molecular weight excluding hydrogens is 240 g/mol. The fourth-order valence-corrected chi connectivity index (χ4v) is 2.90. The Kier molecular flexibility index (Phi) is 2.27. The minimum Gasteiger partial charge on any atom is -0.340 e. The molecule has 2 fully saturated rings. The molecule has 1 aromatic rings. The van der Waals surface area contributed by atoms with Gasteiger partial charge in [0.1, 0.15) is 0 Å². The normalized spacial score (nSPS) is 32.1. The number of amides is 1. The van der Waals surface area contributed by atoms with Gasteiger partial charge >= 0.3 is 0 Å². The van der Waals surface area contributed by atoms with Crippen molar-refractivity contribution in [3.63, 3.8) is 0 Å². The minimum atomic E-state index is -2.52. The predicted octanol–water partition coefficient (Wildman–Crippen LogP) is 1.80. The number of hydrogen-bond donors (Lipinski definition) is 1. The van der Waals surface area contributed by atoms with E-state index < -0.39 is 11.3 Å². The summed E-state index contributed by atoms with van der Waals surface area (Å²) in [7, 11) is 1.69. The van der Waals surface area contributed by atoms with Gasteiger partial charge < -0.3 is 4.90 Å². The van der Waals surface area contributed by atoms with E-state index >= 15 is 0 Å². The summed E-state index contributed by atoms with van der Waals surface area (Å²) in [4.78, 5) is 13.6. The maximum Gasteiger partial charge on any atom is 0.254 e. The van der Waals surface area contributed by atoms with Gasteiger partial charge in [-0.15, -0.1) is 0 Å². The Hall–Kier alpha value is -1.46. The van der Waals surface area contributed by atoms with Gasteiger partial charge in [-0.1, -0.05) is 0 Å². The van der Waals surface area contributed by atoms with Crippen molar-refractivity contribution >= 4 is 5.91 Å². The lowest BCUT2D eigenvalue weighted by molar-refractivity contribution is -0.142. The molecule has 4 nitrogen and oxygen atoms in total. The van der Waals surface area contributed by atoms with E-state index in [4.69, 9.17) is 0 Å². The summed E-state index contributed by atoms with van der Waals surface area (Å²) in [6, 6.07) is 1.79. The summed E-state index contributed by atoms with van der Waals surface area (Å²) in [5.74, 6) is -2.80. The molecule has 98 valence electrons. The molecule has 0 unspecified atom stereocenters. The molecule has 0 saturated heterocycles. The summed E-state index contributed by atoms with van der Waals surface area (Å²) in [6.45, 7) is 0.443. The van der Waals surface area contributed by atoms with Crippen LogP contribution in [0.2, 0.25) is 0 Å². The van der Waals surface area contributed by atoms with Gasteiger partial charge in [0.15, 0.2) is 0 Å². The van der Waals surface area contributed by atoms with Crippen molar-refractivity contribution in [3.8, 4) is 0 Å². The van der Waals surface area contributed by atoms with Crippen LogP contribution in [0.5, 0.6) is 0 Å². The lowest BCUT2D eigenvalue weighted by atomic mass is 9.70. The standard InChI is InChI=1S/C12H15F2N3O/c1-17(6-9-2-3-15-16-9)10(18)8-4-11(5-8)7-12(11,13)14/h2-3,8H,4-7H2,1H3,(H,15,16). The van der Waals surface area contributed by atoms with Crippen LogP contribution < -0.4 is 0 Å². The number of halogens is 2. The molecule has 1 N–H and O–H groups in total. The van der Waals surface area contributed by atoms with Crippen molar-refractivity contribution < 1.29 is 13.6 Å². The first-order valence-electron chi connectivity index (χ1n) is 6.05. The average Bonchev–Trinajstić information content (AvgIpc) is 2.62. The Labute approximate surface area is 103 Å². The fourth-order valence-electron chi connectivity index (χ4n) is 2.90. The second-order valence-corrected chi connectivity index (χ2v) is 5.54. The largest absolute Gasteiger partial charge is 0.340 e. The number of nitrogens with zero attached hydrogens (tertiary/aromatic N) is 2. The molecule has 0 bridgehead atoms. The number of aromatic amines is 1. The summed E-state index contributed by atoms with van der Waals surface area (Å²) in [5, 5.41) is 6.58. The topological polar surface area (TPSA) is 49.0 Å². The molecule has 1 aromatic heterocycles. The highest BCUT2D eigenvalue weighted by molar-refractivity contribution is 5.80. The molecule has 1 spiro atoms. The average molecular weight is 255 g/mol. The molecule has 3 rings (SSSR count). The van der Waals surface area contributed by atoms with Crippen molar-refractivity contribution in [1.82, 2.24) is 15.1 Å². The first-order chi connectivity index (χ1) is 8.44. The molecule has 1 amide bonds. The lowest BCUT2D eigenvalue weighted by Crippen LogP contribution is -2.42. The first-order valence-corrected chi connectivity index (χ1v) is 6.05. The third kappa shape index (κ3) is 1.62. The summed E-state index contributed by atoms with van der Waals surface area (Å²) in [5.41, 5.74) is 0.0129. The van der Waals surface area contributed by atoms with Crippen LogP contribution in [0, 0.1) is 11.3 Å². The molecule has 1 heterocycles. The number of carbonyl (C=O) groups is 1. The number of aromatic nitrogens is 2. The van der Waals surface area contributed by atoms with Crippen molar-refractivity contribution in [2.45, 2.75) is 31.7 Å². The number of alkyl halides is 2. The monoisotopic (exact) mass is 255 g/mol. The van der Waals surface area contributed by atoms with E-state index in [1.54, 1.807) is 24.2 Å². The zero-order chi connectivity index (χ0) is 13.0. The van der Waals surface area contributed by atoms with E-state index in [9.17, 15) is 13.6 Å². The number of H-pyrrole nitrogens is 1. The SMILES string of the molecule is CN(Cc1ccn[nH]1)C(=O)C1CC2(C1)CC2(F)F. The third-order valence-corrected chi connectivity index (χ3v) is 4.18. The molecule has 2 aliphatic rings. The van der Waals surface area contributed by atoms with Crippen LogP contribution in [0.3, 0.4) is 0 Å². The van der Waals surface area contributed by atoms with Gasteiger partial charge in [0.2, 0.25) is 5.91 Å². The molecule has 2 saturated carbocycles. The summed E-state index contributed by atoms with van der Waals surface area (Å²) in [6.07, 6.45) is 2.27. The first kappa shape index (κ1) is 11.6. The van der Waals surface area contributed by atoms with Crippen LogP contribution in [0.15, 0.2) is 12.3 Å². The number of carbonyl (C=O) groups excluding carboxylic acids is 1. The van der Waals surface area contributed by atoms with E-state index in [-0.39, 0.29) is 18.2 Å². The van der Waals surface area contributed by atoms with Crippen LogP contribution in [-0.2, 0) is 11.3 Å². The van der Waals surface area contributed by atoms with Crippen LogP contribution in [0.25, 0.3) is 0 Å². The van der Waals surface area contributed by atoms with Crippen LogP contribution in [-0.4, -0.2) is 34.0 Å². The van der Waals surface area contributed by atoms with Gasteiger partial charge in [-0.2, -0.15) is 5.10 Å². The maximum atomic E-state index is 13.0. The number of nitrogens with one attached hydrogen (secondary N) is 1. The van der Waals surface area contributed by atoms with Gasteiger partial charge in [-0.3, -0.25) is 9.89 Å². The van der Waals surface area contributed by atoms with Crippen molar-refractivity contribution in [3.05, 3.63) is 18.0 Å². The summed E-state index contributed by atoms with van der Waals surface area (Å²) < 4.78 is 26.1. The third-order valence-electron chi connectivity index (χ3n) is 4.18. The van der Waals surface area contributed by atoms with E-state index in [1.165, 1.54) is 0 Å². The highest BCUT2D eigenvalue weighted by Gasteiger charge is 2.76. The second-order valence-electron chi connectivity index (χ2n) is 5.54. The Bertz CT molecular complexity index is 466. The van der Waals surface area contributed by atoms with E-state index in [1.807, 2.05) is 0 Å². The van der Waals surface area contributed by atoms with Gasteiger partial charge in [0, 0.05) is 31.0 Å². The molecule has 0 aromatic carbocycles. The maximum absolute atomic E-state index is 13.0. The van der Waals surface area contributed by atoms with Crippen LogP contribution >= 0.6 is 0 Å². The van der Waals surface area contributed by atoms with Crippen molar-refractivity contribution in [1.29, 1.82) is 0 Å². The summed E-state index contributed by atoms with van der Waals surface area (Å²) >= 11 is 0. The Morgan fingerprint density at radius 1 is 1.61 bits per heavy atom. The molecule has 0 radical (unpaired) electrons.